The highest BCUT2D eigenvalue weighted by Gasteiger charge is 1.87. The van der Waals surface area contributed by atoms with Crippen LogP contribution in [0.15, 0.2) is 23.3 Å². The van der Waals surface area contributed by atoms with Crippen molar-refractivity contribution in [2.24, 2.45) is 0 Å². The van der Waals surface area contributed by atoms with Gasteiger partial charge in [0.15, 0.2) is 0 Å². The normalized spacial score (nSPS) is 14.2. The van der Waals surface area contributed by atoms with Gasteiger partial charge in [0.25, 0.3) is 0 Å². The van der Waals surface area contributed by atoms with Gasteiger partial charge in [-0.25, -0.2) is 0 Å². The van der Waals surface area contributed by atoms with Gasteiger partial charge in [-0.2, -0.15) is 0 Å². The molecule has 0 aromatic heterocycles. The summed E-state index contributed by atoms with van der Waals surface area (Å²) in [6, 6.07) is 0. The van der Waals surface area contributed by atoms with Gasteiger partial charge in [-0.15, -0.1) is 0 Å². The van der Waals surface area contributed by atoms with E-state index < -0.39 is 0 Å². The van der Waals surface area contributed by atoms with E-state index in [0.717, 1.165) is 6.42 Å². The Kier molecular flexibility index (Phi) is 4.12. The highest BCUT2D eigenvalue weighted by Crippen LogP contribution is 2.07. The van der Waals surface area contributed by atoms with E-state index in [-0.39, 0.29) is 0 Å². The van der Waals surface area contributed by atoms with Gasteiger partial charge in [0.2, 0.25) is 0 Å². The highest BCUT2D eigenvalue weighted by atomic mass is 13.9. The Hall–Kier alpha value is -0.520. The smallest absolute Gasteiger partial charge is 0.0114 e. The second kappa shape index (κ2) is 4.37. The third kappa shape index (κ3) is 4.01. The summed E-state index contributed by atoms with van der Waals surface area (Å²) < 4.78 is 0. The SMILES string of the molecule is C/C=C(\C)C/C(C)=C/C. The number of rotatable bonds is 2. The maximum atomic E-state index is 2.16. The third-order valence-corrected chi connectivity index (χ3v) is 1.54. The number of allylic oxidation sites excluding steroid dienone is 4. The molecule has 0 fully saturated rings. The van der Waals surface area contributed by atoms with E-state index in [0.29, 0.717) is 0 Å². The lowest BCUT2D eigenvalue weighted by Gasteiger charge is -1.97. The van der Waals surface area contributed by atoms with Crippen LogP contribution >= 0.6 is 0 Å². The van der Waals surface area contributed by atoms with E-state index >= 15 is 0 Å². The lowest BCUT2D eigenvalue weighted by molar-refractivity contribution is 1.09. The third-order valence-electron chi connectivity index (χ3n) is 1.54. The molecule has 0 spiro atoms. The fourth-order valence-corrected chi connectivity index (χ4v) is 0.644. The van der Waals surface area contributed by atoms with Crippen molar-refractivity contribution in [3.63, 3.8) is 0 Å². The van der Waals surface area contributed by atoms with Crippen LogP contribution in [0.3, 0.4) is 0 Å². The first-order valence-corrected chi connectivity index (χ1v) is 3.44. The Bertz CT molecular complexity index is 111. The molecule has 0 N–H and O–H groups in total. The fraction of sp³-hybridized carbons (Fsp3) is 0.556. The lowest BCUT2D eigenvalue weighted by Crippen LogP contribution is -1.77. The minimum Gasteiger partial charge on any atom is -0.0884 e. The molecular formula is C9H16. The number of hydrogen-bond acceptors (Lipinski definition) is 0. The summed E-state index contributed by atoms with van der Waals surface area (Å²) in [5.74, 6) is 0. The summed E-state index contributed by atoms with van der Waals surface area (Å²) in [5, 5.41) is 0. The van der Waals surface area contributed by atoms with Crippen LogP contribution in [0.25, 0.3) is 0 Å². The van der Waals surface area contributed by atoms with Gasteiger partial charge < -0.3 is 0 Å². The molecule has 0 aromatic rings. The molecule has 0 aliphatic rings. The van der Waals surface area contributed by atoms with Gasteiger partial charge in [0, 0.05) is 0 Å². The molecule has 0 unspecified atom stereocenters. The monoisotopic (exact) mass is 124 g/mol. The Labute approximate surface area is 58.3 Å². The molecule has 0 radical (unpaired) electrons. The topological polar surface area (TPSA) is 0 Å². The van der Waals surface area contributed by atoms with Crippen LogP contribution in [0.4, 0.5) is 0 Å². The Morgan fingerprint density at radius 2 is 1.33 bits per heavy atom. The average Bonchev–Trinajstić information content (AvgIpc) is 1.87. The van der Waals surface area contributed by atoms with Gasteiger partial charge in [0.05, 0.1) is 0 Å². The van der Waals surface area contributed by atoms with E-state index in [1.807, 2.05) is 0 Å². The standard InChI is InChI=1S/C9H16/c1-5-8(3)7-9(4)6-2/h5-6H,7H2,1-4H3/b8-5+,9-6+. The zero-order valence-electron chi connectivity index (χ0n) is 6.86. The molecule has 0 saturated heterocycles. The first kappa shape index (κ1) is 8.48. The van der Waals surface area contributed by atoms with Crippen molar-refractivity contribution in [1.82, 2.24) is 0 Å². The van der Waals surface area contributed by atoms with E-state index in [1.165, 1.54) is 11.1 Å². The summed E-state index contributed by atoms with van der Waals surface area (Å²) in [6.45, 7) is 8.48. The molecule has 0 aliphatic heterocycles. The van der Waals surface area contributed by atoms with E-state index in [9.17, 15) is 0 Å². The minimum absolute atomic E-state index is 1.13. The van der Waals surface area contributed by atoms with Crippen molar-refractivity contribution >= 4 is 0 Å². The maximum Gasteiger partial charge on any atom is -0.0114 e. The molecule has 0 nitrogen and oxygen atoms in total. The Morgan fingerprint density at radius 3 is 1.56 bits per heavy atom. The van der Waals surface area contributed by atoms with Gasteiger partial charge in [-0.05, 0) is 34.1 Å². The molecule has 9 heavy (non-hydrogen) atoms. The van der Waals surface area contributed by atoms with Crippen LogP contribution in [0.1, 0.15) is 34.1 Å². The van der Waals surface area contributed by atoms with Crippen LogP contribution in [0.5, 0.6) is 0 Å². The molecule has 0 amide bonds. The van der Waals surface area contributed by atoms with E-state index in [2.05, 4.69) is 39.8 Å². The van der Waals surface area contributed by atoms with Crippen molar-refractivity contribution in [3.8, 4) is 0 Å². The molecule has 0 bridgehead atoms. The summed E-state index contributed by atoms with van der Waals surface area (Å²) in [4.78, 5) is 0. The number of hydrogen-bond donors (Lipinski definition) is 0. The predicted octanol–water partition coefficient (Wildman–Crippen LogP) is 3.31. The summed E-state index contributed by atoms with van der Waals surface area (Å²) in [5.41, 5.74) is 2.90. The van der Waals surface area contributed by atoms with Crippen molar-refractivity contribution in [1.29, 1.82) is 0 Å². The Morgan fingerprint density at radius 1 is 1.00 bits per heavy atom. The first-order chi connectivity index (χ1) is 4.20. The fourth-order valence-electron chi connectivity index (χ4n) is 0.644. The van der Waals surface area contributed by atoms with Gasteiger partial charge >= 0.3 is 0 Å². The summed E-state index contributed by atoms with van der Waals surface area (Å²) >= 11 is 0. The van der Waals surface area contributed by atoms with Crippen LogP contribution in [0, 0.1) is 0 Å². The van der Waals surface area contributed by atoms with Crippen LogP contribution < -0.4 is 0 Å². The van der Waals surface area contributed by atoms with E-state index in [1.54, 1.807) is 0 Å². The van der Waals surface area contributed by atoms with Crippen LogP contribution in [-0.2, 0) is 0 Å². The molecule has 0 saturated carbocycles. The molecule has 0 aromatic carbocycles. The van der Waals surface area contributed by atoms with Gasteiger partial charge in [0.1, 0.15) is 0 Å². The maximum absolute atomic E-state index is 2.16. The average molecular weight is 124 g/mol. The van der Waals surface area contributed by atoms with Crippen molar-refractivity contribution < 1.29 is 0 Å². The molecule has 0 heterocycles. The first-order valence-electron chi connectivity index (χ1n) is 3.44. The molecular weight excluding hydrogens is 108 g/mol. The van der Waals surface area contributed by atoms with Gasteiger partial charge in [-0.3, -0.25) is 0 Å². The molecule has 52 valence electrons. The predicted molar refractivity (Wildman–Crippen MR) is 43.5 cm³/mol. The highest BCUT2D eigenvalue weighted by molar-refractivity contribution is 5.10. The van der Waals surface area contributed by atoms with Crippen LogP contribution in [0.2, 0.25) is 0 Å². The zero-order valence-corrected chi connectivity index (χ0v) is 6.86. The largest absolute Gasteiger partial charge is 0.0884 e. The second-order valence-corrected chi connectivity index (χ2v) is 2.45. The van der Waals surface area contributed by atoms with Crippen LogP contribution in [-0.4, -0.2) is 0 Å². The molecule has 0 heteroatoms. The summed E-state index contributed by atoms with van der Waals surface area (Å²) in [6.07, 6.45) is 5.45. The van der Waals surface area contributed by atoms with Crippen molar-refractivity contribution in [2.75, 3.05) is 0 Å². The molecule has 0 rings (SSSR count). The molecule has 0 aliphatic carbocycles. The van der Waals surface area contributed by atoms with Crippen molar-refractivity contribution in [2.45, 2.75) is 34.1 Å². The molecule has 0 atom stereocenters. The minimum atomic E-state index is 1.13. The lowest BCUT2D eigenvalue weighted by atomic mass is 10.1. The zero-order chi connectivity index (χ0) is 7.28. The van der Waals surface area contributed by atoms with Crippen molar-refractivity contribution in [3.05, 3.63) is 23.3 Å². The quantitative estimate of drug-likeness (QED) is 0.495. The summed E-state index contributed by atoms with van der Waals surface area (Å²) in [7, 11) is 0. The van der Waals surface area contributed by atoms with Gasteiger partial charge in [-0.1, -0.05) is 23.3 Å². The Balaban J connectivity index is 3.75. The van der Waals surface area contributed by atoms with E-state index in [4.69, 9.17) is 0 Å². The second-order valence-electron chi connectivity index (χ2n) is 2.45.